The molecule has 0 atom stereocenters. The molecule has 0 bridgehead atoms. The average molecular weight is 435 g/mol. The Kier molecular flexibility index (Phi) is 11.2. The van der Waals surface area contributed by atoms with Crippen LogP contribution in [0.4, 0.5) is 0 Å². The molecule has 0 aliphatic heterocycles. The van der Waals surface area contributed by atoms with Gasteiger partial charge in [-0.1, -0.05) is 55.4 Å². The lowest BCUT2D eigenvalue weighted by Crippen LogP contribution is -2.14. The summed E-state index contributed by atoms with van der Waals surface area (Å²) in [6.45, 7) is 9.28. The van der Waals surface area contributed by atoms with Crippen LogP contribution in [-0.4, -0.2) is 72.2 Å². The molecule has 30 heavy (non-hydrogen) atoms. The van der Waals surface area contributed by atoms with Crippen LogP contribution >= 0.6 is 6.89 Å². The van der Waals surface area contributed by atoms with Gasteiger partial charge in [0, 0.05) is 18.2 Å². The van der Waals surface area contributed by atoms with Crippen LogP contribution < -0.4 is 4.74 Å². The fraction of sp³-hybridized carbons (Fsp3) is 0.458. The molecule has 2 aromatic carbocycles. The highest BCUT2D eigenvalue weighted by Crippen LogP contribution is 2.38. The maximum absolute atomic E-state index is 6.47. The zero-order chi connectivity index (χ0) is 21.7. The molecule has 5 nitrogen and oxygen atoms in total. The molecule has 166 valence electrons. The SMILES string of the molecule is COCCOCCOCCOCc1ccccc1OC(c1ccccc1)=P(C)(C)C. The van der Waals surface area contributed by atoms with E-state index in [0.717, 1.165) is 22.4 Å². The van der Waals surface area contributed by atoms with Crippen molar-refractivity contribution < 1.29 is 23.7 Å². The zero-order valence-electron chi connectivity index (χ0n) is 18.6. The third kappa shape index (κ3) is 9.03. The summed E-state index contributed by atoms with van der Waals surface area (Å²) < 4.78 is 28.1. The fourth-order valence-electron chi connectivity index (χ4n) is 2.75. The van der Waals surface area contributed by atoms with Gasteiger partial charge in [0.1, 0.15) is 11.2 Å². The van der Waals surface area contributed by atoms with Crippen LogP contribution in [0.25, 0.3) is 0 Å². The van der Waals surface area contributed by atoms with Crippen molar-refractivity contribution in [1.29, 1.82) is 0 Å². The molecule has 6 heteroatoms. The van der Waals surface area contributed by atoms with Crippen LogP contribution in [0.3, 0.4) is 0 Å². The number of para-hydroxylation sites is 1. The summed E-state index contributed by atoms with van der Waals surface area (Å²) in [6, 6.07) is 18.4. The first-order valence-electron chi connectivity index (χ1n) is 10.2. The molecular formula is C24H35O5P. The zero-order valence-corrected chi connectivity index (χ0v) is 19.5. The number of rotatable bonds is 14. The first-order chi connectivity index (χ1) is 14.5. The van der Waals surface area contributed by atoms with Crippen molar-refractivity contribution in [2.45, 2.75) is 6.61 Å². The number of hydrogen-bond donors (Lipinski definition) is 0. The normalized spacial score (nSPS) is 11.5. The van der Waals surface area contributed by atoms with Gasteiger partial charge in [-0.3, -0.25) is 0 Å². The van der Waals surface area contributed by atoms with E-state index in [9.17, 15) is 0 Å². The van der Waals surface area contributed by atoms with Crippen molar-refractivity contribution in [2.75, 3.05) is 66.7 Å². The van der Waals surface area contributed by atoms with Crippen LogP contribution in [0.5, 0.6) is 5.75 Å². The van der Waals surface area contributed by atoms with Gasteiger partial charge >= 0.3 is 0 Å². The molecule has 0 aliphatic rings. The Balaban J connectivity index is 1.86. The third-order valence-electron chi connectivity index (χ3n) is 4.24. The van der Waals surface area contributed by atoms with Gasteiger partial charge < -0.3 is 23.7 Å². The Bertz CT molecular complexity index is 777. The Morgan fingerprint density at radius 3 is 1.90 bits per heavy atom. The number of ether oxygens (including phenoxy) is 5. The lowest BCUT2D eigenvalue weighted by atomic mass is 10.2. The van der Waals surface area contributed by atoms with Crippen molar-refractivity contribution in [1.82, 2.24) is 0 Å². The second-order valence-corrected chi connectivity index (χ2v) is 12.1. The largest absolute Gasteiger partial charge is 0.457 e. The van der Waals surface area contributed by atoms with E-state index in [4.69, 9.17) is 23.7 Å². The summed E-state index contributed by atoms with van der Waals surface area (Å²) in [5.41, 5.74) is 3.21. The summed E-state index contributed by atoms with van der Waals surface area (Å²) in [4.78, 5) is 0. The van der Waals surface area contributed by atoms with Gasteiger partial charge in [0.25, 0.3) is 0 Å². The smallest absolute Gasteiger partial charge is 0.133 e. The average Bonchev–Trinajstić information content (AvgIpc) is 2.74. The molecule has 2 rings (SSSR count). The highest BCUT2D eigenvalue weighted by molar-refractivity contribution is 7.74. The molecular weight excluding hydrogens is 399 g/mol. The summed E-state index contributed by atoms with van der Waals surface area (Å²) in [5.74, 6) is 0.846. The molecule has 0 saturated heterocycles. The third-order valence-corrected chi connectivity index (χ3v) is 5.81. The van der Waals surface area contributed by atoms with Crippen LogP contribution in [0.1, 0.15) is 11.1 Å². The van der Waals surface area contributed by atoms with Crippen LogP contribution in [0.2, 0.25) is 0 Å². The van der Waals surface area contributed by atoms with Crippen molar-refractivity contribution in [2.24, 2.45) is 0 Å². The second kappa shape index (κ2) is 13.6. The van der Waals surface area contributed by atoms with Gasteiger partial charge in [0.2, 0.25) is 0 Å². The molecule has 0 amide bonds. The van der Waals surface area contributed by atoms with E-state index < -0.39 is 6.89 Å². The Morgan fingerprint density at radius 1 is 0.700 bits per heavy atom. The van der Waals surface area contributed by atoms with Crippen molar-refractivity contribution >= 4 is 12.4 Å². The maximum Gasteiger partial charge on any atom is 0.133 e. The number of hydrogen-bond acceptors (Lipinski definition) is 5. The predicted molar refractivity (Wildman–Crippen MR) is 125 cm³/mol. The van der Waals surface area contributed by atoms with E-state index in [-0.39, 0.29) is 0 Å². The quantitative estimate of drug-likeness (QED) is 0.327. The second-order valence-electron chi connectivity index (χ2n) is 7.66. The van der Waals surface area contributed by atoms with Crippen LogP contribution in [0, 0.1) is 0 Å². The predicted octanol–water partition coefficient (Wildman–Crippen LogP) is 4.35. The molecule has 0 unspecified atom stereocenters. The van der Waals surface area contributed by atoms with E-state index >= 15 is 0 Å². The van der Waals surface area contributed by atoms with Crippen molar-refractivity contribution in [3.63, 3.8) is 0 Å². The summed E-state index contributed by atoms with van der Waals surface area (Å²) in [6.07, 6.45) is 0. The van der Waals surface area contributed by atoms with E-state index in [0.29, 0.717) is 46.2 Å². The van der Waals surface area contributed by atoms with Gasteiger partial charge in [-0.2, -0.15) is 0 Å². The minimum absolute atomic E-state index is 0.481. The van der Waals surface area contributed by atoms with Gasteiger partial charge in [0.05, 0.1) is 46.2 Å². The minimum Gasteiger partial charge on any atom is -0.457 e. The maximum atomic E-state index is 6.47. The Hall–Kier alpha value is -1.62. The lowest BCUT2D eigenvalue weighted by Gasteiger charge is -2.21. The highest BCUT2D eigenvalue weighted by atomic mass is 31.2. The lowest BCUT2D eigenvalue weighted by molar-refractivity contribution is 0.000733. The van der Waals surface area contributed by atoms with Gasteiger partial charge in [-0.25, -0.2) is 0 Å². The first-order valence-corrected chi connectivity index (χ1v) is 13.4. The van der Waals surface area contributed by atoms with Gasteiger partial charge in [-0.15, -0.1) is 0 Å². The number of benzene rings is 2. The molecule has 0 aliphatic carbocycles. The molecule has 0 aromatic heterocycles. The van der Waals surface area contributed by atoms with E-state index in [2.05, 4.69) is 32.1 Å². The van der Waals surface area contributed by atoms with E-state index in [1.165, 1.54) is 0 Å². The Labute approximate surface area is 181 Å². The van der Waals surface area contributed by atoms with Gasteiger partial charge in [0.15, 0.2) is 0 Å². The van der Waals surface area contributed by atoms with Crippen molar-refractivity contribution in [3.05, 3.63) is 65.7 Å². The molecule has 0 fully saturated rings. The molecule has 0 N–H and O–H groups in total. The van der Waals surface area contributed by atoms with Crippen LogP contribution in [0.15, 0.2) is 54.6 Å². The highest BCUT2D eigenvalue weighted by Gasteiger charge is 2.14. The molecule has 0 spiro atoms. The molecule has 0 radical (unpaired) electrons. The van der Waals surface area contributed by atoms with E-state index in [1.807, 2.05) is 42.5 Å². The molecule has 2 aromatic rings. The van der Waals surface area contributed by atoms with Crippen molar-refractivity contribution in [3.8, 4) is 5.75 Å². The summed E-state index contributed by atoms with van der Waals surface area (Å²) >= 11 is 0. The monoisotopic (exact) mass is 434 g/mol. The van der Waals surface area contributed by atoms with E-state index in [1.54, 1.807) is 7.11 Å². The fourth-order valence-corrected chi connectivity index (χ4v) is 4.05. The van der Waals surface area contributed by atoms with Crippen LogP contribution in [-0.2, 0) is 25.6 Å². The molecule has 0 saturated carbocycles. The Morgan fingerprint density at radius 2 is 1.27 bits per heavy atom. The topological polar surface area (TPSA) is 46.2 Å². The number of methoxy groups -OCH3 is 1. The van der Waals surface area contributed by atoms with Gasteiger partial charge in [-0.05, 0) is 26.1 Å². The summed E-state index contributed by atoms with van der Waals surface area (Å²) in [7, 11) is 1.66. The summed E-state index contributed by atoms with van der Waals surface area (Å²) in [5, 5.41) is 0. The molecule has 0 heterocycles. The standard InChI is InChI=1S/C24H35O5P/c1-25-14-15-26-16-17-27-18-19-28-20-22-12-8-9-13-23(22)29-24(30(2,3)4)21-10-6-5-7-11-21/h5-13H,14-20H2,1-4H3. The first kappa shape index (κ1) is 24.6. The minimum atomic E-state index is -1.37.